The maximum atomic E-state index is 12.7. The monoisotopic (exact) mass is 545 g/mol. The van der Waals surface area contributed by atoms with Gasteiger partial charge in [0.15, 0.2) is 0 Å². The van der Waals surface area contributed by atoms with Crippen molar-refractivity contribution in [2.75, 3.05) is 36.4 Å². The lowest BCUT2D eigenvalue weighted by Crippen LogP contribution is -2.48. The van der Waals surface area contributed by atoms with E-state index in [2.05, 4.69) is 10.2 Å². The molecule has 1 fully saturated rings. The third kappa shape index (κ3) is 6.10. The molecule has 38 heavy (non-hydrogen) atoms. The minimum Gasteiger partial charge on any atom is -0.457 e. The van der Waals surface area contributed by atoms with Crippen LogP contribution in [0.1, 0.15) is 16.1 Å². The molecule has 0 unspecified atom stereocenters. The maximum absolute atomic E-state index is 12.7. The number of furan rings is 1. The summed E-state index contributed by atoms with van der Waals surface area (Å²) in [6.45, 7) is 2.82. The normalized spacial score (nSPS) is 13.6. The van der Waals surface area contributed by atoms with Crippen LogP contribution in [0.15, 0.2) is 95.4 Å². The van der Waals surface area contributed by atoms with Crippen LogP contribution < -0.4 is 10.2 Å². The predicted octanol–water partition coefficient (Wildman–Crippen LogP) is 6.87. The summed E-state index contributed by atoms with van der Waals surface area (Å²) in [6.07, 6.45) is 3.02. The third-order valence-electron chi connectivity index (χ3n) is 6.31. The van der Waals surface area contributed by atoms with E-state index in [1.54, 1.807) is 36.4 Å². The summed E-state index contributed by atoms with van der Waals surface area (Å²) in [6, 6.07) is 25.8. The van der Waals surface area contributed by atoms with Crippen LogP contribution in [0, 0.1) is 0 Å². The van der Waals surface area contributed by atoms with Crippen LogP contribution in [-0.4, -0.2) is 42.9 Å². The zero-order valence-corrected chi connectivity index (χ0v) is 22.0. The lowest BCUT2D eigenvalue weighted by Gasteiger charge is -2.36. The summed E-state index contributed by atoms with van der Waals surface area (Å²) in [4.78, 5) is 29.2. The van der Waals surface area contributed by atoms with Crippen LogP contribution in [0.3, 0.4) is 0 Å². The summed E-state index contributed by atoms with van der Waals surface area (Å²) in [5.41, 5.74) is 3.18. The van der Waals surface area contributed by atoms with Crippen molar-refractivity contribution in [1.82, 2.24) is 4.90 Å². The van der Waals surface area contributed by atoms with Crippen molar-refractivity contribution in [3.63, 3.8) is 0 Å². The van der Waals surface area contributed by atoms with Gasteiger partial charge in [-0.3, -0.25) is 9.59 Å². The van der Waals surface area contributed by atoms with E-state index in [1.807, 2.05) is 59.5 Å². The highest BCUT2D eigenvalue weighted by Crippen LogP contribution is 2.31. The summed E-state index contributed by atoms with van der Waals surface area (Å²) in [5, 5.41) is 3.90. The van der Waals surface area contributed by atoms with Crippen molar-refractivity contribution in [3.05, 3.63) is 112 Å². The average molecular weight is 546 g/mol. The predicted molar refractivity (Wildman–Crippen MR) is 153 cm³/mol. The highest BCUT2D eigenvalue weighted by molar-refractivity contribution is 6.36. The molecule has 6 nitrogen and oxygen atoms in total. The molecule has 4 aromatic rings. The SMILES string of the molecule is O=C(/C=C/c1ccc(-c2ccc(Cl)cc2Cl)o1)Nc1ccc(N2CCN(C(=O)c3ccccc3)CC2)cc1. The van der Waals surface area contributed by atoms with Gasteiger partial charge >= 0.3 is 0 Å². The lowest BCUT2D eigenvalue weighted by molar-refractivity contribution is -0.111. The molecule has 1 aromatic heterocycles. The molecule has 0 spiro atoms. The molecule has 2 amide bonds. The molecule has 1 N–H and O–H groups in total. The van der Waals surface area contributed by atoms with Gasteiger partial charge in [0, 0.05) is 59.8 Å². The minimum absolute atomic E-state index is 0.0657. The Balaban J connectivity index is 1.13. The molecule has 2 heterocycles. The van der Waals surface area contributed by atoms with Gasteiger partial charge in [-0.1, -0.05) is 41.4 Å². The molecule has 1 aliphatic rings. The fraction of sp³-hybridized carbons (Fsp3) is 0.133. The molecule has 0 bridgehead atoms. The molecule has 0 saturated carbocycles. The van der Waals surface area contributed by atoms with E-state index in [0.29, 0.717) is 45.9 Å². The van der Waals surface area contributed by atoms with Crippen molar-refractivity contribution in [3.8, 4) is 11.3 Å². The van der Waals surface area contributed by atoms with Gasteiger partial charge in [0.05, 0.1) is 5.02 Å². The summed E-state index contributed by atoms with van der Waals surface area (Å²) < 4.78 is 5.80. The molecule has 8 heteroatoms. The Morgan fingerprint density at radius 3 is 2.29 bits per heavy atom. The Morgan fingerprint density at radius 2 is 1.58 bits per heavy atom. The van der Waals surface area contributed by atoms with Gasteiger partial charge in [0.25, 0.3) is 5.91 Å². The first-order chi connectivity index (χ1) is 18.5. The Hall–Kier alpha value is -4.00. The number of carbonyl (C=O) groups excluding carboxylic acids is 2. The number of nitrogens with zero attached hydrogens (tertiary/aromatic N) is 2. The molecule has 0 atom stereocenters. The molecule has 1 aliphatic heterocycles. The van der Waals surface area contributed by atoms with E-state index in [-0.39, 0.29) is 11.8 Å². The van der Waals surface area contributed by atoms with Crippen molar-refractivity contribution in [2.45, 2.75) is 0 Å². The van der Waals surface area contributed by atoms with Gasteiger partial charge in [-0.2, -0.15) is 0 Å². The number of hydrogen-bond acceptors (Lipinski definition) is 4. The summed E-state index contributed by atoms with van der Waals surface area (Å²) in [5.74, 6) is 0.915. The first-order valence-electron chi connectivity index (χ1n) is 12.2. The number of piperazine rings is 1. The number of anilines is 2. The molecule has 5 rings (SSSR count). The Labute approximate surface area is 231 Å². The van der Waals surface area contributed by atoms with Crippen LogP contribution in [0.25, 0.3) is 17.4 Å². The standard InChI is InChI=1S/C30H25Cl2N3O3/c31-22-6-13-26(27(32)20-22)28-14-11-25(38-28)12-15-29(36)33-23-7-9-24(10-8-23)34-16-18-35(19-17-34)30(37)21-4-2-1-3-5-21/h1-15,20H,16-19H2,(H,33,36)/b15-12+. The van der Waals surface area contributed by atoms with E-state index in [9.17, 15) is 9.59 Å². The molecular weight excluding hydrogens is 521 g/mol. The quantitative estimate of drug-likeness (QED) is 0.268. The van der Waals surface area contributed by atoms with Crippen LogP contribution in [0.2, 0.25) is 10.0 Å². The number of benzene rings is 3. The topological polar surface area (TPSA) is 65.8 Å². The van der Waals surface area contributed by atoms with E-state index in [4.69, 9.17) is 27.6 Å². The molecule has 0 radical (unpaired) electrons. The molecule has 1 saturated heterocycles. The average Bonchev–Trinajstić information content (AvgIpc) is 3.41. The highest BCUT2D eigenvalue weighted by Gasteiger charge is 2.22. The highest BCUT2D eigenvalue weighted by atomic mass is 35.5. The fourth-order valence-corrected chi connectivity index (χ4v) is 4.81. The van der Waals surface area contributed by atoms with E-state index in [1.165, 1.54) is 6.08 Å². The first kappa shape index (κ1) is 25.6. The van der Waals surface area contributed by atoms with Gasteiger partial charge in [0.1, 0.15) is 11.5 Å². The first-order valence-corrected chi connectivity index (χ1v) is 13.0. The van der Waals surface area contributed by atoms with E-state index < -0.39 is 0 Å². The van der Waals surface area contributed by atoms with Crippen LogP contribution in [0.5, 0.6) is 0 Å². The minimum atomic E-state index is -0.270. The van der Waals surface area contributed by atoms with Crippen molar-refractivity contribution in [2.24, 2.45) is 0 Å². The van der Waals surface area contributed by atoms with Gasteiger partial charge in [-0.15, -0.1) is 0 Å². The van der Waals surface area contributed by atoms with Crippen molar-refractivity contribution >= 4 is 52.5 Å². The number of rotatable bonds is 6. The van der Waals surface area contributed by atoms with Crippen LogP contribution in [0.4, 0.5) is 11.4 Å². The van der Waals surface area contributed by atoms with E-state index in [0.717, 1.165) is 24.3 Å². The second-order valence-corrected chi connectivity index (χ2v) is 9.68. The van der Waals surface area contributed by atoms with Crippen molar-refractivity contribution in [1.29, 1.82) is 0 Å². The Bertz CT molecular complexity index is 1460. The summed E-state index contributed by atoms with van der Waals surface area (Å²) >= 11 is 12.2. The van der Waals surface area contributed by atoms with E-state index >= 15 is 0 Å². The number of halogens is 2. The smallest absolute Gasteiger partial charge is 0.253 e. The van der Waals surface area contributed by atoms with Gasteiger partial charge in [-0.05, 0) is 72.8 Å². The van der Waals surface area contributed by atoms with Crippen molar-refractivity contribution < 1.29 is 14.0 Å². The molecule has 0 aliphatic carbocycles. The van der Waals surface area contributed by atoms with Gasteiger partial charge in [0.2, 0.25) is 5.91 Å². The molecular formula is C30H25Cl2N3O3. The summed E-state index contributed by atoms with van der Waals surface area (Å²) in [7, 11) is 0. The number of carbonyl (C=O) groups is 2. The fourth-order valence-electron chi connectivity index (χ4n) is 4.30. The number of nitrogens with one attached hydrogen (secondary N) is 1. The second kappa shape index (κ2) is 11.6. The van der Waals surface area contributed by atoms with Crippen LogP contribution >= 0.6 is 23.2 Å². The second-order valence-electron chi connectivity index (χ2n) is 8.84. The Morgan fingerprint density at radius 1 is 0.842 bits per heavy atom. The molecule has 192 valence electrons. The van der Waals surface area contributed by atoms with Gasteiger partial charge < -0.3 is 19.5 Å². The number of amides is 2. The zero-order valence-electron chi connectivity index (χ0n) is 20.4. The maximum Gasteiger partial charge on any atom is 0.253 e. The zero-order chi connectivity index (χ0) is 26.5. The number of hydrogen-bond donors (Lipinski definition) is 1. The lowest BCUT2D eigenvalue weighted by atomic mass is 10.1. The molecule has 3 aromatic carbocycles. The van der Waals surface area contributed by atoms with Crippen LogP contribution in [-0.2, 0) is 4.79 Å². The van der Waals surface area contributed by atoms with Gasteiger partial charge in [-0.25, -0.2) is 0 Å². The largest absolute Gasteiger partial charge is 0.457 e. The Kier molecular flexibility index (Phi) is 7.82. The third-order valence-corrected chi connectivity index (χ3v) is 6.86.